The molecule has 0 aliphatic heterocycles. The van der Waals surface area contributed by atoms with Crippen molar-refractivity contribution in [2.45, 2.75) is 13.5 Å². The maximum atomic E-state index is 13.3. The van der Waals surface area contributed by atoms with Crippen LogP contribution in [0.2, 0.25) is 0 Å². The fourth-order valence-corrected chi connectivity index (χ4v) is 1.42. The van der Waals surface area contributed by atoms with Gasteiger partial charge in [-0.1, -0.05) is 18.2 Å². The lowest BCUT2D eigenvalue weighted by Crippen LogP contribution is -2.02. The van der Waals surface area contributed by atoms with Crippen LogP contribution in [-0.2, 0) is 6.54 Å². The van der Waals surface area contributed by atoms with Crippen molar-refractivity contribution in [3.63, 3.8) is 0 Å². The molecule has 2 rings (SSSR count). The van der Waals surface area contributed by atoms with Crippen molar-refractivity contribution in [3.8, 4) is 0 Å². The van der Waals surface area contributed by atoms with E-state index < -0.39 is 0 Å². The summed E-state index contributed by atoms with van der Waals surface area (Å²) in [5.74, 6) is -0.218. The maximum Gasteiger partial charge on any atom is 0.128 e. The van der Waals surface area contributed by atoms with Crippen LogP contribution in [0.1, 0.15) is 11.3 Å². The molecule has 4 heteroatoms. The number of rotatable bonds is 2. The van der Waals surface area contributed by atoms with Crippen molar-refractivity contribution < 1.29 is 4.39 Å². The zero-order valence-electron chi connectivity index (χ0n) is 8.44. The maximum absolute atomic E-state index is 13.3. The fourth-order valence-electron chi connectivity index (χ4n) is 1.42. The number of nitrogen functional groups attached to an aromatic ring is 1. The lowest BCUT2D eigenvalue weighted by atomic mass is 10.2. The molecule has 1 aromatic carbocycles. The topological polar surface area (TPSA) is 43.8 Å². The number of anilines is 1. The van der Waals surface area contributed by atoms with Gasteiger partial charge in [0.1, 0.15) is 5.82 Å². The van der Waals surface area contributed by atoms with Gasteiger partial charge in [0, 0.05) is 11.8 Å². The lowest BCUT2D eigenvalue weighted by Gasteiger charge is -2.02. The van der Waals surface area contributed by atoms with Crippen molar-refractivity contribution in [1.29, 1.82) is 0 Å². The Morgan fingerprint density at radius 3 is 2.73 bits per heavy atom. The number of aromatic nitrogens is 2. The highest BCUT2D eigenvalue weighted by Gasteiger charge is 2.04. The van der Waals surface area contributed by atoms with E-state index in [1.54, 1.807) is 29.1 Å². The van der Waals surface area contributed by atoms with Crippen LogP contribution in [0.4, 0.5) is 10.1 Å². The van der Waals surface area contributed by atoms with Gasteiger partial charge in [-0.25, -0.2) is 4.39 Å². The minimum Gasteiger partial charge on any atom is -0.396 e. The minimum atomic E-state index is -0.218. The van der Waals surface area contributed by atoms with Gasteiger partial charge in [-0.15, -0.1) is 0 Å². The van der Waals surface area contributed by atoms with Gasteiger partial charge in [-0.05, 0) is 13.0 Å². The quantitative estimate of drug-likeness (QED) is 0.814. The second-order valence-electron chi connectivity index (χ2n) is 3.46. The smallest absolute Gasteiger partial charge is 0.128 e. The summed E-state index contributed by atoms with van der Waals surface area (Å²) in [5, 5.41) is 4.17. The van der Waals surface area contributed by atoms with E-state index in [-0.39, 0.29) is 5.82 Å². The van der Waals surface area contributed by atoms with Gasteiger partial charge >= 0.3 is 0 Å². The zero-order valence-corrected chi connectivity index (χ0v) is 8.44. The molecule has 3 nitrogen and oxygen atoms in total. The summed E-state index contributed by atoms with van der Waals surface area (Å²) in [4.78, 5) is 0. The van der Waals surface area contributed by atoms with Crippen molar-refractivity contribution in [1.82, 2.24) is 9.78 Å². The van der Waals surface area contributed by atoms with Crippen molar-refractivity contribution >= 4 is 5.69 Å². The number of hydrogen-bond acceptors (Lipinski definition) is 2. The van der Waals surface area contributed by atoms with Gasteiger partial charge in [0.05, 0.1) is 17.9 Å². The average Bonchev–Trinajstić information content (AvgIpc) is 2.50. The second-order valence-corrected chi connectivity index (χ2v) is 3.46. The summed E-state index contributed by atoms with van der Waals surface area (Å²) in [6.07, 6.45) is 1.71. The zero-order chi connectivity index (χ0) is 10.8. The van der Waals surface area contributed by atoms with Crippen LogP contribution in [0.3, 0.4) is 0 Å². The molecule has 0 saturated heterocycles. The highest BCUT2D eigenvalue weighted by molar-refractivity contribution is 5.39. The molecule has 0 amide bonds. The summed E-state index contributed by atoms with van der Waals surface area (Å²) in [5.41, 5.74) is 7.67. The Morgan fingerprint density at radius 1 is 1.40 bits per heavy atom. The molecule has 0 radical (unpaired) electrons. The van der Waals surface area contributed by atoms with Gasteiger partial charge < -0.3 is 5.73 Å². The van der Waals surface area contributed by atoms with Crippen LogP contribution in [0.15, 0.2) is 30.5 Å². The number of nitrogens with two attached hydrogens (primary N) is 1. The van der Waals surface area contributed by atoms with Crippen LogP contribution in [0.25, 0.3) is 0 Å². The van der Waals surface area contributed by atoms with Crippen LogP contribution in [0, 0.1) is 12.7 Å². The van der Waals surface area contributed by atoms with E-state index in [1.807, 2.05) is 6.92 Å². The Bertz CT molecular complexity index is 457. The Morgan fingerprint density at radius 2 is 2.13 bits per heavy atom. The third-order valence-electron chi connectivity index (χ3n) is 2.27. The molecular formula is C11H12FN3. The molecular weight excluding hydrogens is 193 g/mol. The van der Waals surface area contributed by atoms with E-state index in [0.29, 0.717) is 17.8 Å². The lowest BCUT2D eigenvalue weighted by molar-refractivity contribution is 0.584. The normalized spacial score (nSPS) is 10.5. The molecule has 1 aromatic heterocycles. The SMILES string of the molecule is Cc1nn(Cc2ccccc2F)cc1N. The summed E-state index contributed by atoms with van der Waals surface area (Å²) >= 11 is 0. The molecule has 78 valence electrons. The first-order valence-electron chi connectivity index (χ1n) is 4.70. The standard InChI is InChI=1S/C11H12FN3/c1-8-11(13)7-15(14-8)6-9-4-2-3-5-10(9)12/h2-5,7H,6,13H2,1H3. The Labute approximate surface area is 87.3 Å². The second kappa shape index (κ2) is 3.73. The van der Waals surface area contributed by atoms with E-state index in [4.69, 9.17) is 5.73 Å². The fraction of sp³-hybridized carbons (Fsp3) is 0.182. The molecule has 2 N–H and O–H groups in total. The molecule has 0 unspecified atom stereocenters. The number of benzene rings is 1. The van der Waals surface area contributed by atoms with E-state index in [2.05, 4.69) is 5.10 Å². The minimum absolute atomic E-state index is 0.218. The van der Waals surface area contributed by atoms with Gasteiger partial charge in [-0.3, -0.25) is 4.68 Å². The molecule has 0 aliphatic carbocycles. The van der Waals surface area contributed by atoms with Gasteiger partial charge in [0.25, 0.3) is 0 Å². The first kappa shape index (κ1) is 9.71. The summed E-state index contributed by atoms with van der Waals surface area (Å²) in [6.45, 7) is 2.23. The van der Waals surface area contributed by atoms with E-state index in [9.17, 15) is 4.39 Å². The predicted octanol–water partition coefficient (Wildman–Crippen LogP) is 1.96. The molecule has 0 spiro atoms. The van der Waals surface area contributed by atoms with Crippen LogP contribution >= 0.6 is 0 Å². The largest absolute Gasteiger partial charge is 0.396 e. The van der Waals surface area contributed by atoms with Gasteiger partial charge in [0.15, 0.2) is 0 Å². The number of nitrogens with zero attached hydrogens (tertiary/aromatic N) is 2. The Hall–Kier alpha value is -1.84. The number of hydrogen-bond donors (Lipinski definition) is 1. The molecule has 0 saturated carbocycles. The number of halogens is 1. The molecule has 0 bridgehead atoms. The monoisotopic (exact) mass is 205 g/mol. The summed E-state index contributed by atoms with van der Waals surface area (Å²) in [7, 11) is 0. The van der Waals surface area contributed by atoms with Gasteiger partial charge in [-0.2, -0.15) is 5.10 Å². The van der Waals surface area contributed by atoms with Crippen molar-refractivity contribution in [2.75, 3.05) is 5.73 Å². The molecule has 2 aromatic rings. The molecule has 0 fully saturated rings. The van der Waals surface area contributed by atoms with E-state index in [1.165, 1.54) is 6.07 Å². The van der Waals surface area contributed by atoms with E-state index >= 15 is 0 Å². The summed E-state index contributed by atoms with van der Waals surface area (Å²) in [6, 6.07) is 6.65. The third kappa shape index (κ3) is 1.98. The third-order valence-corrected chi connectivity index (χ3v) is 2.27. The van der Waals surface area contributed by atoms with E-state index in [0.717, 1.165) is 5.69 Å². The summed E-state index contributed by atoms with van der Waals surface area (Å²) < 4.78 is 15.0. The first-order valence-corrected chi connectivity index (χ1v) is 4.70. The van der Waals surface area contributed by atoms with Crippen molar-refractivity contribution in [3.05, 3.63) is 47.5 Å². The highest BCUT2D eigenvalue weighted by atomic mass is 19.1. The van der Waals surface area contributed by atoms with Crippen LogP contribution in [0.5, 0.6) is 0 Å². The molecule has 0 aliphatic rings. The molecule has 15 heavy (non-hydrogen) atoms. The van der Waals surface area contributed by atoms with Crippen LogP contribution in [-0.4, -0.2) is 9.78 Å². The van der Waals surface area contributed by atoms with Gasteiger partial charge in [0.2, 0.25) is 0 Å². The Kier molecular flexibility index (Phi) is 2.41. The molecule has 0 atom stereocenters. The predicted molar refractivity (Wildman–Crippen MR) is 56.9 cm³/mol. The highest BCUT2D eigenvalue weighted by Crippen LogP contribution is 2.11. The average molecular weight is 205 g/mol. The molecule has 1 heterocycles. The van der Waals surface area contributed by atoms with Crippen molar-refractivity contribution in [2.24, 2.45) is 0 Å². The first-order chi connectivity index (χ1) is 7.16. The van der Waals surface area contributed by atoms with Crippen LogP contribution < -0.4 is 5.73 Å². The number of aryl methyl sites for hydroxylation is 1. The Balaban J connectivity index is 2.26.